The Hall–Kier alpha value is -2.87. The van der Waals surface area contributed by atoms with Gasteiger partial charge in [-0.25, -0.2) is 0 Å². The summed E-state index contributed by atoms with van der Waals surface area (Å²) < 4.78 is 0. The van der Waals surface area contributed by atoms with Crippen LogP contribution in [0.5, 0.6) is 0 Å². The van der Waals surface area contributed by atoms with Crippen molar-refractivity contribution < 1.29 is 9.59 Å². The Kier molecular flexibility index (Phi) is 7.90. The molecule has 2 saturated heterocycles. The fourth-order valence-electron chi connectivity index (χ4n) is 5.23. The van der Waals surface area contributed by atoms with Crippen molar-refractivity contribution in [1.29, 1.82) is 0 Å². The molecule has 7 nitrogen and oxygen atoms in total. The Morgan fingerprint density at radius 3 is 2.22 bits per heavy atom. The number of halogens is 1. The van der Waals surface area contributed by atoms with Crippen molar-refractivity contribution in [1.82, 2.24) is 24.6 Å². The van der Waals surface area contributed by atoms with E-state index in [0.29, 0.717) is 30.2 Å². The molecule has 3 aromatic rings. The fourth-order valence-corrected chi connectivity index (χ4v) is 5.35. The normalized spacial score (nSPS) is 17.6. The second-order valence-corrected chi connectivity index (χ2v) is 10.2. The van der Waals surface area contributed by atoms with Gasteiger partial charge in [-0.2, -0.15) is 0 Å². The van der Waals surface area contributed by atoms with Crippen LogP contribution in [0, 0.1) is 0 Å². The van der Waals surface area contributed by atoms with E-state index >= 15 is 0 Å². The molecule has 190 valence electrons. The van der Waals surface area contributed by atoms with Crippen molar-refractivity contribution in [2.75, 3.05) is 65.4 Å². The second kappa shape index (κ2) is 11.5. The Balaban J connectivity index is 1.00. The number of hydrogen-bond donors (Lipinski definition) is 1. The molecule has 2 aromatic carbocycles. The van der Waals surface area contributed by atoms with Crippen molar-refractivity contribution in [2.24, 2.45) is 0 Å². The summed E-state index contributed by atoms with van der Waals surface area (Å²) in [4.78, 5) is 37.5. The maximum absolute atomic E-state index is 12.9. The largest absolute Gasteiger partial charge is 0.361 e. The quantitative estimate of drug-likeness (QED) is 0.532. The molecule has 3 heterocycles. The number of fused-ring (bicyclic) bond motifs is 1. The summed E-state index contributed by atoms with van der Waals surface area (Å²) in [6.07, 6.45) is 4.32. The number of para-hydroxylation sites is 1. The molecule has 5 rings (SSSR count). The average Bonchev–Trinajstić information content (AvgIpc) is 3.32. The van der Waals surface area contributed by atoms with E-state index in [1.807, 2.05) is 9.80 Å². The van der Waals surface area contributed by atoms with Crippen LogP contribution in [-0.2, 0) is 11.2 Å². The van der Waals surface area contributed by atoms with Gasteiger partial charge in [0.2, 0.25) is 5.91 Å². The van der Waals surface area contributed by atoms with E-state index in [9.17, 15) is 9.59 Å². The molecule has 0 spiro atoms. The van der Waals surface area contributed by atoms with Crippen LogP contribution in [0.1, 0.15) is 22.3 Å². The van der Waals surface area contributed by atoms with Crippen LogP contribution in [0.3, 0.4) is 0 Å². The lowest BCUT2D eigenvalue weighted by Gasteiger charge is -2.38. The number of aromatic amines is 1. The minimum atomic E-state index is 0.0264. The molecule has 2 amide bonds. The topological polar surface area (TPSA) is 62.9 Å². The van der Waals surface area contributed by atoms with Gasteiger partial charge in [-0.05, 0) is 55.3 Å². The van der Waals surface area contributed by atoms with Gasteiger partial charge >= 0.3 is 0 Å². The first kappa shape index (κ1) is 24.8. The second-order valence-electron chi connectivity index (χ2n) is 9.76. The minimum Gasteiger partial charge on any atom is -0.361 e. The van der Waals surface area contributed by atoms with E-state index in [2.05, 4.69) is 45.2 Å². The molecule has 2 aliphatic heterocycles. The molecule has 0 radical (unpaired) electrons. The Bertz CT molecular complexity index is 1180. The number of piperazine rings is 2. The Morgan fingerprint density at radius 1 is 0.806 bits per heavy atom. The highest BCUT2D eigenvalue weighted by Gasteiger charge is 2.26. The summed E-state index contributed by atoms with van der Waals surface area (Å²) in [6.45, 7) is 7.66. The first-order valence-electron chi connectivity index (χ1n) is 12.9. The summed E-state index contributed by atoms with van der Waals surface area (Å²) in [6, 6.07) is 15.5. The molecule has 0 atom stereocenters. The third-order valence-electron chi connectivity index (χ3n) is 7.43. The minimum absolute atomic E-state index is 0.0264. The predicted octanol–water partition coefficient (Wildman–Crippen LogP) is 3.36. The van der Waals surface area contributed by atoms with E-state index in [4.69, 9.17) is 11.6 Å². The third kappa shape index (κ3) is 5.91. The first-order valence-corrected chi connectivity index (χ1v) is 13.3. The van der Waals surface area contributed by atoms with Gasteiger partial charge < -0.3 is 14.8 Å². The van der Waals surface area contributed by atoms with Gasteiger partial charge in [-0.3, -0.25) is 19.4 Å². The van der Waals surface area contributed by atoms with Crippen molar-refractivity contribution in [3.63, 3.8) is 0 Å². The summed E-state index contributed by atoms with van der Waals surface area (Å²) in [5, 5.41) is 1.95. The summed E-state index contributed by atoms with van der Waals surface area (Å²) >= 11 is 5.93. The number of carbonyl (C=O) groups excluding carboxylic acids is 2. The lowest BCUT2D eigenvalue weighted by molar-refractivity contribution is -0.134. The molecule has 0 unspecified atom stereocenters. The molecule has 8 heteroatoms. The maximum atomic E-state index is 12.9. The number of aryl methyl sites for hydroxylation is 1. The number of nitrogens with one attached hydrogen (secondary N) is 1. The summed E-state index contributed by atoms with van der Waals surface area (Å²) in [7, 11) is 0. The zero-order valence-corrected chi connectivity index (χ0v) is 21.4. The summed E-state index contributed by atoms with van der Waals surface area (Å²) in [5.74, 6) is 0.226. The molecule has 2 aliphatic rings. The molecule has 2 fully saturated rings. The van der Waals surface area contributed by atoms with E-state index in [1.165, 1.54) is 16.5 Å². The van der Waals surface area contributed by atoms with Gasteiger partial charge in [0.25, 0.3) is 5.91 Å². The number of nitrogens with zero attached hydrogens (tertiary/aromatic N) is 4. The number of hydrogen-bond acceptors (Lipinski definition) is 4. The number of aromatic nitrogens is 1. The lowest BCUT2D eigenvalue weighted by atomic mass is 10.1. The highest BCUT2D eigenvalue weighted by molar-refractivity contribution is 6.30. The standard InChI is InChI=1S/C28H34ClN5O2/c29-24-9-7-22(8-10-24)28(36)34-18-14-32(15-19-34)21-27(35)33-16-12-31(13-17-33)11-3-4-23-20-30-26-6-2-1-5-25(23)26/h1-2,5-10,20,30H,3-4,11-19,21H2. The average molecular weight is 508 g/mol. The molecular weight excluding hydrogens is 474 g/mol. The van der Waals surface area contributed by atoms with Crippen molar-refractivity contribution in [3.8, 4) is 0 Å². The van der Waals surface area contributed by atoms with Gasteiger partial charge in [0, 0.05) is 80.0 Å². The predicted molar refractivity (Wildman–Crippen MR) is 143 cm³/mol. The van der Waals surface area contributed by atoms with E-state index in [0.717, 1.165) is 58.7 Å². The van der Waals surface area contributed by atoms with Gasteiger partial charge in [0.1, 0.15) is 0 Å². The smallest absolute Gasteiger partial charge is 0.253 e. The molecule has 0 saturated carbocycles. The van der Waals surface area contributed by atoms with Crippen LogP contribution in [0.4, 0.5) is 0 Å². The number of H-pyrrole nitrogens is 1. The summed E-state index contributed by atoms with van der Waals surface area (Å²) in [5.41, 5.74) is 3.24. The highest BCUT2D eigenvalue weighted by atomic mass is 35.5. The van der Waals surface area contributed by atoms with Gasteiger partial charge in [0.05, 0.1) is 6.54 Å². The van der Waals surface area contributed by atoms with Gasteiger partial charge in [0.15, 0.2) is 0 Å². The number of benzene rings is 2. The molecule has 1 aromatic heterocycles. The van der Waals surface area contributed by atoms with Gasteiger partial charge in [-0.15, -0.1) is 0 Å². The zero-order valence-electron chi connectivity index (χ0n) is 20.7. The van der Waals surface area contributed by atoms with Crippen LogP contribution in [0.25, 0.3) is 10.9 Å². The van der Waals surface area contributed by atoms with E-state index in [1.54, 1.807) is 24.3 Å². The zero-order chi connectivity index (χ0) is 24.9. The van der Waals surface area contributed by atoms with Crippen LogP contribution in [0.2, 0.25) is 5.02 Å². The fraction of sp³-hybridized carbons (Fsp3) is 0.429. The lowest BCUT2D eigenvalue weighted by Crippen LogP contribution is -2.54. The van der Waals surface area contributed by atoms with Crippen molar-refractivity contribution >= 4 is 34.3 Å². The first-order chi connectivity index (χ1) is 17.6. The Morgan fingerprint density at radius 2 is 1.47 bits per heavy atom. The molecular formula is C28H34ClN5O2. The molecule has 0 aliphatic carbocycles. The SMILES string of the molecule is O=C(CN1CCN(C(=O)c2ccc(Cl)cc2)CC1)N1CCN(CCCc2c[nH]c3ccccc23)CC1. The maximum Gasteiger partial charge on any atom is 0.253 e. The van der Waals surface area contributed by atoms with E-state index < -0.39 is 0 Å². The third-order valence-corrected chi connectivity index (χ3v) is 7.68. The van der Waals surface area contributed by atoms with Crippen LogP contribution >= 0.6 is 11.6 Å². The monoisotopic (exact) mass is 507 g/mol. The van der Waals surface area contributed by atoms with E-state index in [-0.39, 0.29) is 11.8 Å². The number of rotatable bonds is 7. The number of amides is 2. The van der Waals surface area contributed by atoms with Crippen molar-refractivity contribution in [2.45, 2.75) is 12.8 Å². The van der Waals surface area contributed by atoms with Crippen LogP contribution in [-0.4, -0.2) is 102 Å². The van der Waals surface area contributed by atoms with Crippen LogP contribution in [0.15, 0.2) is 54.7 Å². The highest BCUT2D eigenvalue weighted by Crippen LogP contribution is 2.19. The number of carbonyl (C=O) groups is 2. The Labute approximate surface area is 217 Å². The molecule has 1 N–H and O–H groups in total. The molecule has 0 bridgehead atoms. The van der Waals surface area contributed by atoms with Gasteiger partial charge in [-0.1, -0.05) is 29.8 Å². The van der Waals surface area contributed by atoms with Crippen molar-refractivity contribution in [3.05, 3.63) is 70.9 Å². The van der Waals surface area contributed by atoms with Crippen LogP contribution < -0.4 is 0 Å². The molecule has 36 heavy (non-hydrogen) atoms.